The Balaban J connectivity index is 1.88. The molecule has 0 heterocycles. The van der Waals surface area contributed by atoms with Crippen LogP contribution in [0.5, 0.6) is 0 Å². The minimum absolute atomic E-state index is 0.0647. The first-order chi connectivity index (χ1) is 16.8. The van der Waals surface area contributed by atoms with E-state index in [2.05, 4.69) is 6.92 Å². The lowest BCUT2D eigenvalue weighted by atomic mass is 10.0. The number of aromatic carboxylic acids is 1. The molecule has 0 aliphatic rings. The molecule has 35 heavy (non-hydrogen) atoms. The molecule has 186 valence electrons. The summed E-state index contributed by atoms with van der Waals surface area (Å²) in [4.78, 5) is 11.0. The molecule has 3 rings (SSSR count). The number of unbranched alkanes of at least 4 members (excludes halogenated alkanes) is 4. The van der Waals surface area contributed by atoms with E-state index >= 15 is 0 Å². The zero-order chi connectivity index (χ0) is 25.3. The minimum Gasteiger partial charge on any atom is -0.478 e. The fraction of sp³-hybridized carbons (Fsp3) is 0.321. The number of para-hydroxylation sites is 1. The van der Waals surface area contributed by atoms with Crippen LogP contribution in [-0.4, -0.2) is 26.0 Å². The van der Waals surface area contributed by atoms with Crippen molar-refractivity contribution in [2.75, 3.05) is 10.8 Å². The van der Waals surface area contributed by atoms with Gasteiger partial charge in [-0.1, -0.05) is 69.0 Å². The monoisotopic (exact) mass is 497 g/mol. The Hall–Kier alpha value is -3.19. The van der Waals surface area contributed by atoms with E-state index in [0.29, 0.717) is 31.5 Å². The van der Waals surface area contributed by atoms with E-state index in [0.717, 1.165) is 42.9 Å². The Bertz CT molecular complexity index is 1230. The maximum absolute atomic E-state index is 13.9. The molecule has 0 spiro atoms. The number of hydrogen-bond acceptors (Lipinski definition) is 3. The molecule has 7 heteroatoms. The molecule has 0 saturated heterocycles. The standard InChI is InChI=1S/C28H32FNO4S/c1-2-3-4-5-8-20-30(35(33,34)26-12-9-11-25(29)21-26)27-13-7-6-10-23(27)17-14-22-15-18-24(19-16-22)28(31)32/h6-7,9-13,15-16,18-19,21H,2-5,8,14,17,20H2,1H3,(H,31,32). The first-order valence-electron chi connectivity index (χ1n) is 12.0. The molecule has 0 aromatic heterocycles. The molecule has 0 radical (unpaired) electrons. The zero-order valence-electron chi connectivity index (χ0n) is 20.0. The number of anilines is 1. The van der Waals surface area contributed by atoms with Crippen molar-refractivity contribution in [3.05, 3.63) is 95.3 Å². The third kappa shape index (κ3) is 7.15. The predicted octanol–water partition coefficient (Wildman–Crippen LogP) is 6.47. The van der Waals surface area contributed by atoms with Crippen molar-refractivity contribution in [2.24, 2.45) is 0 Å². The molecular weight excluding hydrogens is 465 g/mol. The molecule has 0 amide bonds. The number of benzene rings is 3. The third-order valence-corrected chi connectivity index (χ3v) is 7.80. The van der Waals surface area contributed by atoms with Gasteiger partial charge >= 0.3 is 5.97 Å². The number of rotatable bonds is 13. The summed E-state index contributed by atoms with van der Waals surface area (Å²) in [5.41, 5.74) is 2.64. The second kappa shape index (κ2) is 12.5. The Morgan fingerprint density at radius 2 is 1.60 bits per heavy atom. The summed E-state index contributed by atoms with van der Waals surface area (Å²) in [6.45, 7) is 2.44. The minimum atomic E-state index is -3.96. The van der Waals surface area contributed by atoms with Gasteiger partial charge in [0.2, 0.25) is 0 Å². The summed E-state index contributed by atoms with van der Waals surface area (Å²) in [7, 11) is -3.96. The Morgan fingerprint density at radius 1 is 0.886 bits per heavy atom. The summed E-state index contributed by atoms with van der Waals surface area (Å²) in [5, 5.41) is 9.10. The number of carboxylic acids is 1. The number of sulfonamides is 1. The van der Waals surface area contributed by atoms with Crippen molar-refractivity contribution in [1.82, 2.24) is 0 Å². The van der Waals surface area contributed by atoms with Crippen LogP contribution in [0, 0.1) is 5.82 Å². The van der Waals surface area contributed by atoms with E-state index < -0.39 is 21.8 Å². The lowest BCUT2D eigenvalue weighted by Crippen LogP contribution is -2.33. The number of hydrogen-bond donors (Lipinski definition) is 1. The molecule has 0 saturated carbocycles. The van der Waals surface area contributed by atoms with E-state index in [1.165, 1.54) is 22.5 Å². The van der Waals surface area contributed by atoms with Crippen molar-refractivity contribution in [2.45, 2.75) is 56.8 Å². The van der Waals surface area contributed by atoms with Gasteiger partial charge in [-0.3, -0.25) is 4.31 Å². The van der Waals surface area contributed by atoms with Gasteiger partial charge in [-0.2, -0.15) is 0 Å². The van der Waals surface area contributed by atoms with Crippen LogP contribution in [0.4, 0.5) is 10.1 Å². The first kappa shape index (κ1) is 26.4. The van der Waals surface area contributed by atoms with E-state index in [1.54, 1.807) is 30.3 Å². The average Bonchev–Trinajstić information content (AvgIpc) is 2.85. The molecule has 0 aliphatic heterocycles. The largest absolute Gasteiger partial charge is 0.478 e. The second-order valence-electron chi connectivity index (χ2n) is 8.58. The van der Waals surface area contributed by atoms with Gasteiger partial charge in [-0.15, -0.1) is 0 Å². The van der Waals surface area contributed by atoms with Gasteiger partial charge < -0.3 is 5.11 Å². The fourth-order valence-electron chi connectivity index (χ4n) is 4.04. The van der Waals surface area contributed by atoms with Crippen molar-refractivity contribution in [3.63, 3.8) is 0 Å². The van der Waals surface area contributed by atoms with Crippen LogP contribution in [0.3, 0.4) is 0 Å². The smallest absolute Gasteiger partial charge is 0.335 e. The highest BCUT2D eigenvalue weighted by molar-refractivity contribution is 7.92. The summed E-state index contributed by atoms with van der Waals surface area (Å²) < 4.78 is 42.6. The van der Waals surface area contributed by atoms with Crippen LogP contribution >= 0.6 is 0 Å². The highest BCUT2D eigenvalue weighted by Crippen LogP contribution is 2.29. The summed E-state index contributed by atoms with van der Waals surface area (Å²) in [6.07, 6.45) is 6.07. The van der Waals surface area contributed by atoms with E-state index in [4.69, 9.17) is 5.11 Å². The number of halogens is 1. The molecule has 5 nitrogen and oxygen atoms in total. The summed E-state index contributed by atoms with van der Waals surface area (Å²) in [5.74, 6) is -1.56. The predicted molar refractivity (Wildman–Crippen MR) is 137 cm³/mol. The summed E-state index contributed by atoms with van der Waals surface area (Å²) in [6, 6.07) is 19.2. The van der Waals surface area contributed by atoms with Crippen LogP contribution in [0.15, 0.2) is 77.7 Å². The Labute approximate surface area is 207 Å². The molecule has 0 aliphatic carbocycles. The van der Waals surface area contributed by atoms with Gasteiger partial charge in [0.15, 0.2) is 0 Å². The number of nitrogens with zero attached hydrogens (tertiary/aromatic N) is 1. The molecular formula is C28H32FNO4S. The molecule has 0 bridgehead atoms. The van der Waals surface area contributed by atoms with Crippen LogP contribution in [0.2, 0.25) is 0 Å². The topological polar surface area (TPSA) is 74.7 Å². The second-order valence-corrected chi connectivity index (χ2v) is 10.4. The molecule has 1 N–H and O–H groups in total. The SMILES string of the molecule is CCCCCCCN(c1ccccc1CCc1ccc(C(=O)O)cc1)S(=O)(=O)c1cccc(F)c1. The lowest BCUT2D eigenvalue weighted by molar-refractivity contribution is 0.0697. The van der Waals surface area contributed by atoms with E-state index in [1.807, 2.05) is 18.2 Å². The summed E-state index contributed by atoms with van der Waals surface area (Å²) >= 11 is 0. The molecule has 3 aromatic rings. The van der Waals surface area contributed by atoms with Gasteiger partial charge in [-0.25, -0.2) is 17.6 Å². The molecule has 3 aromatic carbocycles. The van der Waals surface area contributed by atoms with E-state index in [9.17, 15) is 17.6 Å². The van der Waals surface area contributed by atoms with Crippen LogP contribution in [0.25, 0.3) is 0 Å². The number of carbonyl (C=O) groups is 1. The van der Waals surface area contributed by atoms with Crippen molar-refractivity contribution in [3.8, 4) is 0 Å². The maximum atomic E-state index is 13.9. The van der Waals surface area contributed by atoms with Gasteiger partial charge in [0.1, 0.15) is 5.82 Å². The molecule has 0 unspecified atom stereocenters. The van der Waals surface area contributed by atoms with Crippen LogP contribution < -0.4 is 4.31 Å². The quantitative estimate of drug-likeness (QED) is 0.275. The maximum Gasteiger partial charge on any atom is 0.335 e. The van der Waals surface area contributed by atoms with Crippen molar-refractivity contribution < 1.29 is 22.7 Å². The van der Waals surface area contributed by atoms with Crippen LogP contribution in [0.1, 0.15) is 60.5 Å². The van der Waals surface area contributed by atoms with Gasteiger partial charge in [0.25, 0.3) is 10.0 Å². The lowest BCUT2D eigenvalue weighted by Gasteiger charge is -2.27. The molecule has 0 fully saturated rings. The Morgan fingerprint density at radius 3 is 2.29 bits per heavy atom. The van der Waals surface area contributed by atoms with Crippen molar-refractivity contribution in [1.29, 1.82) is 0 Å². The van der Waals surface area contributed by atoms with E-state index in [-0.39, 0.29) is 10.5 Å². The Kier molecular flexibility index (Phi) is 9.43. The third-order valence-electron chi connectivity index (χ3n) is 5.99. The first-order valence-corrected chi connectivity index (χ1v) is 13.5. The van der Waals surface area contributed by atoms with Gasteiger partial charge in [0, 0.05) is 6.54 Å². The zero-order valence-corrected chi connectivity index (χ0v) is 20.8. The van der Waals surface area contributed by atoms with Gasteiger partial charge in [-0.05, 0) is 66.8 Å². The normalized spacial score (nSPS) is 11.4. The number of carboxylic acid groups (broad SMARTS) is 1. The highest BCUT2D eigenvalue weighted by Gasteiger charge is 2.26. The molecule has 0 atom stereocenters. The number of aryl methyl sites for hydroxylation is 2. The average molecular weight is 498 g/mol. The van der Waals surface area contributed by atoms with Crippen molar-refractivity contribution >= 4 is 21.7 Å². The fourth-order valence-corrected chi connectivity index (χ4v) is 5.62. The van der Waals surface area contributed by atoms with Crippen LogP contribution in [-0.2, 0) is 22.9 Å². The van der Waals surface area contributed by atoms with Gasteiger partial charge in [0.05, 0.1) is 16.1 Å². The highest BCUT2D eigenvalue weighted by atomic mass is 32.2.